The van der Waals surface area contributed by atoms with Crippen molar-refractivity contribution >= 4 is 27.8 Å². The molecule has 6 nitrogen and oxygen atoms in total. The predicted octanol–water partition coefficient (Wildman–Crippen LogP) is 5.55. The summed E-state index contributed by atoms with van der Waals surface area (Å²) in [6, 6.07) is 7.67. The van der Waals surface area contributed by atoms with Crippen LogP contribution in [-0.2, 0) is 16.6 Å². The lowest BCUT2D eigenvalue weighted by Crippen LogP contribution is -2.32. The number of alkyl halides is 2. The molecule has 4 rings (SSSR count). The van der Waals surface area contributed by atoms with E-state index in [1.165, 1.54) is 35.9 Å². The lowest BCUT2D eigenvalue weighted by molar-refractivity contribution is -0.164. The van der Waals surface area contributed by atoms with Crippen molar-refractivity contribution in [1.29, 1.82) is 5.26 Å². The molecule has 2 aromatic heterocycles. The van der Waals surface area contributed by atoms with Crippen LogP contribution in [0.5, 0.6) is 0 Å². The first-order valence-corrected chi connectivity index (χ1v) is 10.3. The Morgan fingerprint density at radius 2 is 1.97 bits per heavy atom. The van der Waals surface area contributed by atoms with Crippen molar-refractivity contribution in [3.63, 3.8) is 0 Å². The number of hydrogen-bond donors (Lipinski definition) is 2. The summed E-state index contributed by atoms with van der Waals surface area (Å²) in [5.41, 5.74) is -0.408. The molecule has 0 unspecified atom stereocenters. The van der Waals surface area contributed by atoms with Gasteiger partial charge < -0.3 is 9.67 Å². The van der Waals surface area contributed by atoms with Crippen LogP contribution in [0.3, 0.4) is 0 Å². The molecule has 34 heavy (non-hydrogen) atoms. The SMILES string of the molecule is Cc1cc(-n2c(C(C)(C)CC#N)c(CC(F)(F)C(=O)O)c3c(F)c4[nH]ncc4cc32)ccc1F. The van der Waals surface area contributed by atoms with Gasteiger partial charge in [-0.15, -0.1) is 0 Å². The number of aromatic nitrogens is 3. The second kappa shape index (κ2) is 7.87. The first-order chi connectivity index (χ1) is 15.9. The summed E-state index contributed by atoms with van der Waals surface area (Å²) >= 11 is 0. The van der Waals surface area contributed by atoms with E-state index in [1.54, 1.807) is 19.9 Å². The number of halogens is 4. The van der Waals surface area contributed by atoms with E-state index < -0.39 is 35.4 Å². The molecular weight excluding hydrogens is 452 g/mol. The Labute approximate surface area is 191 Å². The molecule has 2 heterocycles. The smallest absolute Gasteiger partial charge is 0.374 e. The van der Waals surface area contributed by atoms with Gasteiger partial charge in [-0.1, -0.05) is 13.8 Å². The summed E-state index contributed by atoms with van der Waals surface area (Å²) < 4.78 is 60.4. The van der Waals surface area contributed by atoms with Crippen LogP contribution in [0, 0.1) is 29.9 Å². The maximum Gasteiger partial charge on any atom is 0.374 e. The molecule has 176 valence electrons. The number of H-pyrrole nitrogens is 1. The third-order valence-electron chi connectivity index (χ3n) is 5.98. The molecule has 0 amide bonds. The van der Waals surface area contributed by atoms with Crippen LogP contribution in [0.25, 0.3) is 27.5 Å². The molecule has 0 spiro atoms. The van der Waals surface area contributed by atoms with E-state index in [0.717, 1.165) is 0 Å². The maximum absolute atomic E-state index is 15.8. The fraction of sp³-hybridized carbons (Fsp3) is 0.292. The molecule has 0 aliphatic heterocycles. The Balaban J connectivity index is 2.24. The van der Waals surface area contributed by atoms with Crippen LogP contribution in [0.15, 0.2) is 30.5 Å². The number of rotatable bonds is 6. The molecule has 4 aromatic rings. The van der Waals surface area contributed by atoms with Gasteiger partial charge in [0.2, 0.25) is 0 Å². The van der Waals surface area contributed by atoms with E-state index in [2.05, 4.69) is 10.2 Å². The van der Waals surface area contributed by atoms with Crippen molar-refractivity contribution in [2.75, 3.05) is 0 Å². The van der Waals surface area contributed by atoms with E-state index in [9.17, 15) is 23.2 Å². The van der Waals surface area contributed by atoms with Crippen molar-refractivity contribution in [3.05, 3.63) is 58.9 Å². The van der Waals surface area contributed by atoms with E-state index in [0.29, 0.717) is 11.1 Å². The number of hydrogen-bond acceptors (Lipinski definition) is 3. The standard InChI is InChI=1S/C24H20F4N4O2/c1-12-8-14(4-5-16(12)25)32-17-9-13-11-30-31-20(13)19(26)18(17)15(10-24(27,28)22(33)34)21(32)23(2,3)6-7-29/h4-5,8-9,11H,6,10H2,1-3H3,(H,30,31)(H,33,34). The topological polar surface area (TPSA) is 94.7 Å². The number of carboxylic acid groups (broad SMARTS) is 1. The summed E-state index contributed by atoms with van der Waals surface area (Å²) in [5.74, 6) is -7.91. The zero-order valence-electron chi connectivity index (χ0n) is 18.5. The monoisotopic (exact) mass is 472 g/mol. The highest BCUT2D eigenvalue weighted by molar-refractivity contribution is 6.00. The number of aromatic amines is 1. The Morgan fingerprint density at radius 1 is 1.26 bits per heavy atom. The highest BCUT2D eigenvalue weighted by atomic mass is 19.3. The Morgan fingerprint density at radius 3 is 2.59 bits per heavy atom. The number of aliphatic carboxylic acids is 1. The molecule has 0 bridgehead atoms. The second-order valence-corrected chi connectivity index (χ2v) is 8.92. The largest absolute Gasteiger partial charge is 0.477 e. The molecule has 0 saturated heterocycles. The number of aryl methyl sites for hydroxylation is 1. The average Bonchev–Trinajstić information content (AvgIpc) is 3.33. The van der Waals surface area contributed by atoms with Gasteiger partial charge in [-0.2, -0.15) is 19.1 Å². The third-order valence-corrected chi connectivity index (χ3v) is 5.98. The van der Waals surface area contributed by atoms with Gasteiger partial charge in [-0.3, -0.25) is 5.10 Å². The van der Waals surface area contributed by atoms with Gasteiger partial charge in [0.25, 0.3) is 0 Å². The Kier molecular flexibility index (Phi) is 5.39. The van der Waals surface area contributed by atoms with Gasteiger partial charge >= 0.3 is 11.9 Å². The highest BCUT2D eigenvalue weighted by Crippen LogP contribution is 2.43. The molecule has 2 N–H and O–H groups in total. The minimum atomic E-state index is -4.20. The zero-order valence-corrected chi connectivity index (χ0v) is 18.5. The minimum absolute atomic E-state index is 0.0236. The van der Waals surface area contributed by atoms with Crippen molar-refractivity contribution in [3.8, 4) is 11.8 Å². The molecule has 0 radical (unpaired) electrons. The zero-order chi connectivity index (χ0) is 25.0. The first kappa shape index (κ1) is 23.3. The summed E-state index contributed by atoms with van der Waals surface area (Å²) in [6.45, 7) is 4.79. The van der Waals surface area contributed by atoms with E-state index in [-0.39, 0.29) is 39.7 Å². The van der Waals surface area contributed by atoms with E-state index in [4.69, 9.17) is 5.11 Å². The molecule has 2 aromatic carbocycles. The summed E-state index contributed by atoms with van der Waals surface area (Å²) in [4.78, 5) is 11.3. The van der Waals surface area contributed by atoms with Crippen molar-refractivity contribution < 1.29 is 27.5 Å². The van der Waals surface area contributed by atoms with Gasteiger partial charge in [0.15, 0.2) is 5.82 Å². The lowest BCUT2D eigenvalue weighted by Gasteiger charge is -2.27. The molecular formula is C24H20F4N4O2. The Hall–Kier alpha value is -3.87. The van der Waals surface area contributed by atoms with Crippen LogP contribution < -0.4 is 0 Å². The van der Waals surface area contributed by atoms with Crippen LogP contribution in [0.4, 0.5) is 17.6 Å². The van der Waals surface area contributed by atoms with Crippen LogP contribution in [0.2, 0.25) is 0 Å². The number of nitriles is 1. The van der Waals surface area contributed by atoms with Crippen LogP contribution in [-0.4, -0.2) is 31.8 Å². The third kappa shape index (κ3) is 3.57. The number of fused-ring (bicyclic) bond motifs is 2. The van der Waals surface area contributed by atoms with Gasteiger partial charge in [-0.05, 0) is 42.3 Å². The predicted molar refractivity (Wildman–Crippen MR) is 117 cm³/mol. The van der Waals surface area contributed by atoms with Crippen molar-refractivity contribution in [2.24, 2.45) is 0 Å². The number of benzene rings is 2. The molecule has 0 aliphatic rings. The average molecular weight is 472 g/mol. The molecule has 0 fully saturated rings. The second-order valence-electron chi connectivity index (χ2n) is 8.92. The molecule has 0 aliphatic carbocycles. The summed E-state index contributed by atoms with van der Waals surface area (Å²) in [6.07, 6.45) is -0.0559. The molecule has 0 atom stereocenters. The van der Waals surface area contributed by atoms with Crippen LogP contribution >= 0.6 is 0 Å². The maximum atomic E-state index is 15.8. The van der Waals surface area contributed by atoms with Crippen molar-refractivity contribution in [1.82, 2.24) is 14.8 Å². The van der Waals surface area contributed by atoms with Crippen LogP contribution in [0.1, 0.15) is 37.1 Å². The first-order valence-electron chi connectivity index (χ1n) is 10.3. The fourth-order valence-electron chi connectivity index (χ4n) is 4.37. The number of nitrogens with zero attached hydrogens (tertiary/aromatic N) is 3. The summed E-state index contributed by atoms with van der Waals surface area (Å²) in [5, 5.41) is 25.0. The fourth-order valence-corrected chi connectivity index (χ4v) is 4.37. The van der Waals surface area contributed by atoms with E-state index in [1.807, 2.05) is 6.07 Å². The van der Waals surface area contributed by atoms with Gasteiger partial charge in [0.05, 0.1) is 24.2 Å². The van der Waals surface area contributed by atoms with E-state index >= 15 is 4.39 Å². The Bertz CT molecular complexity index is 1490. The van der Waals surface area contributed by atoms with Gasteiger partial charge in [0, 0.05) is 34.0 Å². The van der Waals surface area contributed by atoms with Crippen molar-refractivity contribution in [2.45, 2.75) is 45.0 Å². The number of nitrogens with one attached hydrogen (secondary N) is 1. The number of carboxylic acids is 1. The highest BCUT2D eigenvalue weighted by Gasteiger charge is 2.43. The minimum Gasteiger partial charge on any atom is -0.477 e. The quantitative estimate of drug-likeness (QED) is 0.360. The molecule has 0 saturated carbocycles. The molecule has 10 heteroatoms. The normalized spacial score (nSPS) is 12.4. The number of carbonyl (C=O) groups is 1. The summed E-state index contributed by atoms with van der Waals surface area (Å²) in [7, 11) is 0. The van der Waals surface area contributed by atoms with Gasteiger partial charge in [-0.25, -0.2) is 13.6 Å². The van der Waals surface area contributed by atoms with Gasteiger partial charge in [0.1, 0.15) is 11.3 Å². The lowest BCUT2D eigenvalue weighted by atomic mass is 9.82.